The zero-order chi connectivity index (χ0) is 13.2. The van der Waals surface area contributed by atoms with Gasteiger partial charge in [0.1, 0.15) is 11.6 Å². The van der Waals surface area contributed by atoms with E-state index in [1.807, 2.05) is 23.5 Å². The number of hydrogen-bond donors (Lipinski definition) is 1. The van der Waals surface area contributed by atoms with Crippen molar-refractivity contribution in [2.45, 2.75) is 49.5 Å². The van der Waals surface area contributed by atoms with Crippen LogP contribution in [0.25, 0.3) is 0 Å². The number of aromatic nitrogens is 2. The maximum atomic E-state index is 6.20. The number of rotatable bonds is 1. The highest BCUT2D eigenvalue weighted by atomic mass is 32.2. The molecule has 2 unspecified atom stereocenters. The Morgan fingerprint density at radius 3 is 2.68 bits per heavy atom. The normalized spacial score (nSPS) is 27.6. The summed E-state index contributed by atoms with van der Waals surface area (Å²) in [5.74, 6) is 4.15. The lowest BCUT2D eigenvalue weighted by atomic mass is 10.1. The van der Waals surface area contributed by atoms with Crippen molar-refractivity contribution in [3.05, 3.63) is 17.1 Å². The molecule has 0 spiro atoms. The molecule has 2 aliphatic rings. The summed E-state index contributed by atoms with van der Waals surface area (Å²) < 4.78 is 0. The average molecular weight is 295 g/mol. The summed E-state index contributed by atoms with van der Waals surface area (Å²) in [4.78, 5) is 9.52. The van der Waals surface area contributed by atoms with Gasteiger partial charge in [0.05, 0.1) is 5.25 Å². The number of nitrogen functional groups attached to an aromatic ring is 1. The Labute approximate surface area is 123 Å². The predicted octanol–water partition coefficient (Wildman–Crippen LogP) is 3.24. The van der Waals surface area contributed by atoms with E-state index in [0.29, 0.717) is 10.5 Å². The van der Waals surface area contributed by atoms with E-state index >= 15 is 0 Å². The van der Waals surface area contributed by atoms with E-state index < -0.39 is 0 Å². The summed E-state index contributed by atoms with van der Waals surface area (Å²) in [5, 5.41) is 0.997. The van der Waals surface area contributed by atoms with E-state index in [-0.39, 0.29) is 0 Å². The molecule has 2 heterocycles. The molecule has 1 fully saturated rings. The fourth-order valence-electron chi connectivity index (χ4n) is 2.86. The number of anilines is 1. The number of nitrogens with zero attached hydrogens (tertiary/aromatic N) is 2. The summed E-state index contributed by atoms with van der Waals surface area (Å²) in [6.07, 6.45) is 5.89. The van der Waals surface area contributed by atoms with Crippen LogP contribution in [-0.2, 0) is 12.8 Å². The zero-order valence-corrected chi connectivity index (χ0v) is 13.0. The molecule has 0 amide bonds. The fraction of sp³-hybridized carbons (Fsp3) is 0.714. The third-order valence-corrected chi connectivity index (χ3v) is 7.01. The molecule has 1 saturated heterocycles. The Hall–Kier alpha value is -0.420. The first kappa shape index (κ1) is 13.6. The van der Waals surface area contributed by atoms with Crippen LogP contribution >= 0.6 is 23.5 Å². The molecule has 0 bridgehead atoms. The van der Waals surface area contributed by atoms with Crippen molar-refractivity contribution in [2.75, 3.05) is 17.2 Å². The van der Waals surface area contributed by atoms with Crippen LogP contribution in [0, 0.1) is 0 Å². The fourth-order valence-corrected chi connectivity index (χ4v) is 5.55. The van der Waals surface area contributed by atoms with Crippen molar-refractivity contribution in [3.8, 4) is 0 Å². The number of thioether (sulfide) groups is 2. The van der Waals surface area contributed by atoms with Gasteiger partial charge in [-0.3, -0.25) is 0 Å². The molecule has 0 saturated carbocycles. The molecule has 2 atom stereocenters. The van der Waals surface area contributed by atoms with Crippen LogP contribution in [0.5, 0.6) is 0 Å². The van der Waals surface area contributed by atoms with E-state index in [1.54, 1.807) is 0 Å². The van der Waals surface area contributed by atoms with Crippen LogP contribution in [0.2, 0.25) is 0 Å². The van der Waals surface area contributed by atoms with Gasteiger partial charge in [-0.1, -0.05) is 13.3 Å². The third kappa shape index (κ3) is 2.87. The molecule has 0 radical (unpaired) electrons. The summed E-state index contributed by atoms with van der Waals surface area (Å²) in [6, 6.07) is 0. The summed E-state index contributed by atoms with van der Waals surface area (Å²) in [5.41, 5.74) is 8.65. The van der Waals surface area contributed by atoms with Gasteiger partial charge in [0, 0.05) is 28.0 Å². The van der Waals surface area contributed by atoms with Gasteiger partial charge < -0.3 is 5.73 Å². The molecule has 3 nitrogen and oxygen atoms in total. The quantitative estimate of drug-likeness (QED) is 0.806. The minimum Gasteiger partial charge on any atom is -0.383 e. The standard InChI is InChI=1S/C14H21N3S2/c1-9-12(19-8-7-18-9)14-16-11-6-4-2-3-5-10(11)13(15)17-14/h9,12H,2-8H2,1H3,(H2,15,16,17). The molecule has 3 rings (SSSR count). The lowest BCUT2D eigenvalue weighted by molar-refractivity contribution is 0.707. The second-order valence-corrected chi connectivity index (χ2v) is 8.05. The van der Waals surface area contributed by atoms with E-state index in [1.165, 1.54) is 42.0 Å². The van der Waals surface area contributed by atoms with E-state index in [9.17, 15) is 0 Å². The molecule has 1 aliphatic heterocycles. The minimum absolute atomic E-state index is 0.412. The topological polar surface area (TPSA) is 51.8 Å². The highest BCUT2D eigenvalue weighted by Crippen LogP contribution is 2.41. The third-order valence-electron chi connectivity index (χ3n) is 3.92. The van der Waals surface area contributed by atoms with Crippen molar-refractivity contribution >= 4 is 29.3 Å². The Balaban J connectivity index is 1.94. The highest BCUT2D eigenvalue weighted by molar-refractivity contribution is 8.06. The van der Waals surface area contributed by atoms with Gasteiger partial charge in [-0.05, 0) is 25.7 Å². The summed E-state index contributed by atoms with van der Waals surface area (Å²) in [6.45, 7) is 2.28. The first-order valence-electron chi connectivity index (χ1n) is 7.14. The lowest BCUT2D eigenvalue weighted by Gasteiger charge is -2.27. The van der Waals surface area contributed by atoms with Crippen molar-refractivity contribution in [1.82, 2.24) is 9.97 Å². The molecule has 1 aliphatic carbocycles. The van der Waals surface area contributed by atoms with Crippen molar-refractivity contribution < 1.29 is 0 Å². The minimum atomic E-state index is 0.412. The van der Waals surface area contributed by atoms with Gasteiger partial charge in [0.25, 0.3) is 0 Å². The monoisotopic (exact) mass is 295 g/mol. The Morgan fingerprint density at radius 1 is 1.05 bits per heavy atom. The first-order chi connectivity index (χ1) is 9.25. The smallest absolute Gasteiger partial charge is 0.145 e. The maximum absolute atomic E-state index is 6.20. The van der Waals surface area contributed by atoms with Crippen LogP contribution in [0.15, 0.2) is 0 Å². The second kappa shape index (κ2) is 5.92. The van der Waals surface area contributed by atoms with Crippen LogP contribution in [0.1, 0.15) is 48.5 Å². The highest BCUT2D eigenvalue weighted by Gasteiger charge is 2.28. The van der Waals surface area contributed by atoms with Gasteiger partial charge in [-0.15, -0.1) is 11.8 Å². The molecule has 1 aromatic heterocycles. The molecular weight excluding hydrogens is 274 g/mol. The molecule has 1 aromatic rings. The summed E-state index contributed by atoms with van der Waals surface area (Å²) >= 11 is 4.01. The summed E-state index contributed by atoms with van der Waals surface area (Å²) in [7, 11) is 0. The second-order valence-electron chi connectivity index (χ2n) is 5.32. The average Bonchev–Trinajstić information content (AvgIpc) is 2.65. The van der Waals surface area contributed by atoms with Gasteiger partial charge in [-0.2, -0.15) is 11.8 Å². The Morgan fingerprint density at radius 2 is 1.84 bits per heavy atom. The van der Waals surface area contributed by atoms with E-state index in [2.05, 4.69) is 11.9 Å². The van der Waals surface area contributed by atoms with Crippen LogP contribution in [0.3, 0.4) is 0 Å². The number of aryl methyl sites for hydroxylation is 1. The van der Waals surface area contributed by atoms with Crippen molar-refractivity contribution in [3.63, 3.8) is 0 Å². The van der Waals surface area contributed by atoms with Crippen LogP contribution in [-0.4, -0.2) is 26.7 Å². The molecule has 2 N–H and O–H groups in total. The van der Waals surface area contributed by atoms with Gasteiger partial charge in [-0.25, -0.2) is 9.97 Å². The number of nitrogens with two attached hydrogens (primary N) is 1. The Bertz CT molecular complexity index is 464. The van der Waals surface area contributed by atoms with Gasteiger partial charge in [0.2, 0.25) is 0 Å². The Kier molecular flexibility index (Phi) is 4.22. The molecule has 19 heavy (non-hydrogen) atoms. The maximum Gasteiger partial charge on any atom is 0.145 e. The largest absolute Gasteiger partial charge is 0.383 e. The van der Waals surface area contributed by atoms with Gasteiger partial charge in [0.15, 0.2) is 0 Å². The number of hydrogen-bond acceptors (Lipinski definition) is 5. The van der Waals surface area contributed by atoms with E-state index in [4.69, 9.17) is 10.7 Å². The van der Waals surface area contributed by atoms with Crippen molar-refractivity contribution in [1.29, 1.82) is 0 Å². The van der Waals surface area contributed by atoms with E-state index in [0.717, 1.165) is 24.5 Å². The molecular formula is C14H21N3S2. The SMILES string of the molecule is CC1SCCSC1c1nc(N)c2c(n1)CCCCC2. The lowest BCUT2D eigenvalue weighted by Crippen LogP contribution is -2.20. The molecule has 104 valence electrons. The number of fused-ring (bicyclic) bond motifs is 1. The first-order valence-corrected chi connectivity index (χ1v) is 9.24. The van der Waals surface area contributed by atoms with Crippen molar-refractivity contribution in [2.24, 2.45) is 0 Å². The predicted molar refractivity (Wildman–Crippen MR) is 84.8 cm³/mol. The molecule has 0 aromatic carbocycles. The molecule has 5 heteroatoms. The van der Waals surface area contributed by atoms with Gasteiger partial charge >= 0.3 is 0 Å². The zero-order valence-electron chi connectivity index (χ0n) is 11.4. The van der Waals surface area contributed by atoms with Crippen LogP contribution < -0.4 is 5.73 Å². The van der Waals surface area contributed by atoms with Crippen LogP contribution in [0.4, 0.5) is 5.82 Å².